The Labute approximate surface area is 171 Å². The lowest BCUT2D eigenvalue weighted by molar-refractivity contribution is 0.0993. The molecule has 3 aromatic rings. The molecule has 1 aliphatic rings. The third-order valence-electron chi connectivity index (χ3n) is 5.50. The summed E-state index contributed by atoms with van der Waals surface area (Å²) in [6.07, 6.45) is 3.04. The van der Waals surface area contributed by atoms with E-state index >= 15 is 0 Å². The molecule has 0 atom stereocenters. The fourth-order valence-corrected chi connectivity index (χ4v) is 3.74. The van der Waals surface area contributed by atoms with Gasteiger partial charge in [0.25, 0.3) is 0 Å². The van der Waals surface area contributed by atoms with Crippen molar-refractivity contribution in [2.24, 2.45) is 0 Å². The summed E-state index contributed by atoms with van der Waals surface area (Å²) in [5.41, 5.74) is 11.9. The second-order valence-corrected chi connectivity index (χ2v) is 7.92. The first-order valence-electron chi connectivity index (χ1n) is 10.1. The number of benzene rings is 2. The van der Waals surface area contributed by atoms with Crippen molar-refractivity contribution >= 4 is 17.4 Å². The van der Waals surface area contributed by atoms with Gasteiger partial charge in [0.1, 0.15) is 0 Å². The summed E-state index contributed by atoms with van der Waals surface area (Å²) in [5, 5.41) is 0. The van der Waals surface area contributed by atoms with Crippen LogP contribution in [0.15, 0.2) is 54.7 Å². The highest BCUT2D eigenvalue weighted by atomic mass is 16.1. The van der Waals surface area contributed by atoms with E-state index in [0.29, 0.717) is 18.3 Å². The van der Waals surface area contributed by atoms with E-state index in [1.165, 1.54) is 5.56 Å². The molecule has 0 aliphatic carbocycles. The number of hydrogen-bond donors (Lipinski definition) is 1. The van der Waals surface area contributed by atoms with Crippen molar-refractivity contribution in [2.75, 3.05) is 17.2 Å². The van der Waals surface area contributed by atoms with Crippen LogP contribution in [-0.2, 0) is 19.4 Å². The Bertz CT molecular complexity index is 1030. The number of carbonyl (C=O) groups excluding carboxylic acids is 1. The maximum atomic E-state index is 12.9. The first-order valence-corrected chi connectivity index (χ1v) is 10.1. The summed E-state index contributed by atoms with van der Waals surface area (Å²) < 4.78 is 0. The third kappa shape index (κ3) is 4.29. The fourth-order valence-electron chi connectivity index (χ4n) is 3.74. The molecule has 2 heterocycles. The minimum atomic E-state index is 0.137. The van der Waals surface area contributed by atoms with Crippen molar-refractivity contribution in [3.8, 4) is 0 Å². The van der Waals surface area contributed by atoms with Crippen molar-refractivity contribution in [3.05, 3.63) is 82.7 Å². The van der Waals surface area contributed by atoms with Gasteiger partial charge in [-0.05, 0) is 29.2 Å². The van der Waals surface area contributed by atoms with Gasteiger partial charge < -0.3 is 10.6 Å². The van der Waals surface area contributed by atoms with Gasteiger partial charge in [0, 0.05) is 48.9 Å². The average molecular weight is 386 g/mol. The van der Waals surface area contributed by atoms with Gasteiger partial charge in [0.15, 0.2) is 5.78 Å². The van der Waals surface area contributed by atoms with Crippen LogP contribution >= 0.6 is 0 Å². The van der Waals surface area contributed by atoms with E-state index in [1.807, 2.05) is 18.2 Å². The monoisotopic (exact) mass is 386 g/mol. The van der Waals surface area contributed by atoms with Gasteiger partial charge in [-0.3, -0.25) is 4.79 Å². The predicted molar refractivity (Wildman–Crippen MR) is 116 cm³/mol. The normalized spacial score (nSPS) is 13.4. The van der Waals surface area contributed by atoms with E-state index in [1.54, 1.807) is 6.20 Å². The van der Waals surface area contributed by atoms with Crippen LogP contribution in [-0.4, -0.2) is 22.3 Å². The van der Waals surface area contributed by atoms with Gasteiger partial charge in [-0.25, -0.2) is 9.97 Å². The Kier molecular flexibility index (Phi) is 5.30. The van der Waals surface area contributed by atoms with Gasteiger partial charge in [-0.1, -0.05) is 50.2 Å². The van der Waals surface area contributed by atoms with Gasteiger partial charge in [-0.2, -0.15) is 0 Å². The quantitative estimate of drug-likeness (QED) is 0.666. The Morgan fingerprint density at radius 1 is 1.17 bits per heavy atom. The number of anilines is 2. The van der Waals surface area contributed by atoms with Gasteiger partial charge in [-0.15, -0.1) is 0 Å². The summed E-state index contributed by atoms with van der Waals surface area (Å²) in [5.74, 6) is 0.955. The van der Waals surface area contributed by atoms with Gasteiger partial charge in [0.05, 0.1) is 5.69 Å². The summed E-state index contributed by atoms with van der Waals surface area (Å²) in [6, 6.07) is 16.3. The molecule has 0 unspecified atom stereocenters. The molecular weight excluding hydrogens is 360 g/mol. The number of hydrogen-bond acceptors (Lipinski definition) is 5. The third-order valence-corrected chi connectivity index (χ3v) is 5.50. The predicted octanol–water partition coefficient (Wildman–Crippen LogP) is 4.17. The Morgan fingerprint density at radius 2 is 1.97 bits per heavy atom. The molecule has 4 rings (SSSR count). The molecule has 5 heteroatoms. The first kappa shape index (κ1) is 19.1. The smallest absolute Gasteiger partial charge is 0.220 e. The summed E-state index contributed by atoms with van der Waals surface area (Å²) in [4.78, 5) is 23.6. The van der Waals surface area contributed by atoms with E-state index < -0.39 is 0 Å². The first-order chi connectivity index (χ1) is 14.0. The zero-order valence-corrected chi connectivity index (χ0v) is 16.9. The minimum absolute atomic E-state index is 0.137. The topological polar surface area (TPSA) is 72.1 Å². The van der Waals surface area contributed by atoms with E-state index in [4.69, 9.17) is 5.73 Å². The number of nitrogens with two attached hydrogens (primary N) is 1. The molecule has 1 aromatic heterocycles. The number of aromatic nitrogens is 2. The Hall–Kier alpha value is -3.21. The summed E-state index contributed by atoms with van der Waals surface area (Å²) in [6.45, 7) is 5.92. The van der Waals surface area contributed by atoms with Crippen LogP contribution in [0.5, 0.6) is 0 Å². The molecule has 0 amide bonds. The van der Waals surface area contributed by atoms with Crippen LogP contribution in [0.3, 0.4) is 0 Å². The average Bonchev–Trinajstić information content (AvgIpc) is 2.74. The Morgan fingerprint density at radius 3 is 2.72 bits per heavy atom. The standard InChI is InChI=1S/C24H26N4O/c1-16(2)18-8-6-17(7-9-18)12-23(29)19-4-3-5-21(13-19)28-11-10-22-20(15-28)14-26-24(25)27-22/h3-9,13-14,16H,10-12,15H2,1-2H3,(H2,25,26,27). The second-order valence-electron chi connectivity index (χ2n) is 7.92. The van der Waals surface area contributed by atoms with E-state index in [0.717, 1.165) is 47.6 Å². The number of ketones is 1. The van der Waals surface area contributed by atoms with Crippen molar-refractivity contribution in [2.45, 2.75) is 39.2 Å². The molecule has 0 spiro atoms. The number of Topliss-reactive ketones (excluding diaryl/α,β-unsaturated/α-hetero) is 1. The minimum Gasteiger partial charge on any atom is -0.368 e. The summed E-state index contributed by atoms with van der Waals surface area (Å²) in [7, 11) is 0. The zero-order valence-electron chi connectivity index (χ0n) is 16.9. The molecule has 148 valence electrons. The molecule has 1 aliphatic heterocycles. The summed E-state index contributed by atoms with van der Waals surface area (Å²) >= 11 is 0. The zero-order chi connectivity index (χ0) is 20.4. The molecule has 2 aromatic carbocycles. The highest BCUT2D eigenvalue weighted by Gasteiger charge is 2.19. The lowest BCUT2D eigenvalue weighted by Crippen LogP contribution is -2.31. The van der Waals surface area contributed by atoms with Crippen molar-refractivity contribution in [3.63, 3.8) is 0 Å². The molecule has 0 saturated carbocycles. The van der Waals surface area contributed by atoms with Crippen LogP contribution in [0.2, 0.25) is 0 Å². The fraction of sp³-hybridized carbons (Fsp3) is 0.292. The number of rotatable bonds is 5. The van der Waals surface area contributed by atoms with Crippen LogP contribution in [0, 0.1) is 0 Å². The highest BCUT2D eigenvalue weighted by molar-refractivity contribution is 5.98. The maximum Gasteiger partial charge on any atom is 0.220 e. The number of nitrogens with zero attached hydrogens (tertiary/aromatic N) is 3. The maximum absolute atomic E-state index is 12.9. The van der Waals surface area contributed by atoms with E-state index in [2.05, 4.69) is 59.0 Å². The molecular formula is C24H26N4O. The SMILES string of the molecule is CC(C)c1ccc(CC(=O)c2cccc(N3CCc4nc(N)ncc4C3)c2)cc1. The molecule has 0 saturated heterocycles. The van der Waals surface area contributed by atoms with Crippen LogP contribution in [0.25, 0.3) is 0 Å². The van der Waals surface area contributed by atoms with E-state index in [-0.39, 0.29) is 5.78 Å². The molecule has 2 N–H and O–H groups in total. The lowest BCUT2D eigenvalue weighted by Gasteiger charge is -2.30. The van der Waals surface area contributed by atoms with Crippen molar-refractivity contribution < 1.29 is 4.79 Å². The molecule has 0 fully saturated rings. The highest BCUT2D eigenvalue weighted by Crippen LogP contribution is 2.25. The molecule has 0 radical (unpaired) electrons. The van der Waals surface area contributed by atoms with E-state index in [9.17, 15) is 4.79 Å². The largest absolute Gasteiger partial charge is 0.368 e. The molecule has 5 nitrogen and oxygen atoms in total. The van der Waals surface area contributed by atoms with Gasteiger partial charge >= 0.3 is 0 Å². The number of nitrogen functional groups attached to an aromatic ring is 1. The van der Waals surface area contributed by atoms with Crippen LogP contribution < -0.4 is 10.6 Å². The molecule has 29 heavy (non-hydrogen) atoms. The van der Waals surface area contributed by atoms with Crippen LogP contribution in [0.1, 0.15) is 52.5 Å². The molecule has 0 bridgehead atoms. The van der Waals surface area contributed by atoms with Gasteiger partial charge in [0.2, 0.25) is 5.95 Å². The second kappa shape index (κ2) is 8.03. The van der Waals surface area contributed by atoms with Crippen molar-refractivity contribution in [1.29, 1.82) is 0 Å². The number of carbonyl (C=O) groups is 1. The Balaban J connectivity index is 1.48. The van der Waals surface area contributed by atoms with Crippen LogP contribution in [0.4, 0.5) is 11.6 Å². The lowest BCUT2D eigenvalue weighted by atomic mass is 9.98. The number of fused-ring (bicyclic) bond motifs is 1. The van der Waals surface area contributed by atoms with Crippen molar-refractivity contribution in [1.82, 2.24) is 9.97 Å².